The number of rotatable bonds is 7. The van der Waals surface area contributed by atoms with Crippen molar-refractivity contribution in [1.29, 1.82) is 0 Å². The van der Waals surface area contributed by atoms with Crippen molar-refractivity contribution >= 4 is 10.0 Å². The van der Waals surface area contributed by atoms with Gasteiger partial charge in [-0.2, -0.15) is 0 Å². The molecule has 0 spiro atoms. The lowest BCUT2D eigenvalue weighted by molar-refractivity contribution is 0.201. The van der Waals surface area contributed by atoms with E-state index in [9.17, 15) is 8.42 Å². The van der Waals surface area contributed by atoms with Crippen LogP contribution in [-0.4, -0.2) is 32.8 Å². The van der Waals surface area contributed by atoms with Crippen molar-refractivity contribution < 1.29 is 18.3 Å². The summed E-state index contributed by atoms with van der Waals surface area (Å²) in [7, 11) is -3.49. The third-order valence-corrected chi connectivity index (χ3v) is 5.52. The number of aliphatic hydroxyl groups is 1. The number of hydrogen-bond donors (Lipinski definition) is 2. The normalized spacial score (nSPS) is 17.8. The smallest absolute Gasteiger partial charge is 0.240 e. The highest BCUT2D eigenvalue weighted by Gasteiger charge is 2.26. The number of benzene rings is 1. The highest BCUT2D eigenvalue weighted by molar-refractivity contribution is 7.89. The minimum atomic E-state index is -3.49. The quantitative estimate of drug-likeness (QED) is 0.806. The summed E-state index contributed by atoms with van der Waals surface area (Å²) in [5.41, 5.74) is 0. The molecule has 0 saturated heterocycles. The Morgan fingerprint density at radius 2 is 1.90 bits per heavy atom. The van der Waals surface area contributed by atoms with Crippen molar-refractivity contribution in [2.45, 2.75) is 43.5 Å². The van der Waals surface area contributed by atoms with Crippen LogP contribution in [0.3, 0.4) is 0 Å². The number of aliphatic hydroxyl groups excluding tert-OH is 1. The minimum Gasteiger partial charge on any atom is -0.491 e. The first-order valence-electron chi connectivity index (χ1n) is 7.39. The molecule has 1 saturated carbocycles. The van der Waals surface area contributed by atoms with Gasteiger partial charge in [-0.25, -0.2) is 13.1 Å². The third kappa shape index (κ3) is 4.43. The van der Waals surface area contributed by atoms with E-state index in [1.807, 2.05) is 6.92 Å². The Bertz CT molecular complexity index is 535. The van der Waals surface area contributed by atoms with Crippen LogP contribution in [0.15, 0.2) is 29.2 Å². The fourth-order valence-electron chi connectivity index (χ4n) is 2.74. The molecule has 6 heteroatoms. The van der Waals surface area contributed by atoms with E-state index < -0.39 is 10.0 Å². The maximum absolute atomic E-state index is 12.3. The van der Waals surface area contributed by atoms with Crippen LogP contribution in [0.1, 0.15) is 32.6 Å². The molecule has 118 valence electrons. The molecule has 0 aromatic heterocycles. The van der Waals surface area contributed by atoms with E-state index >= 15 is 0 Å². The molecule has 2 rings (SSSR count). The van der Waals surface area contributed by atoms with E-state index in [0.29, 0.717) is 11.7 Å². The Morgan fingerprint density at radius 1 is 1.29 bits per heavy atom. The average Bonchev–Trinajstić information content (AvgIpc) is 2.99. The molecule has 5 nitrogen and oxygen atoms in total. The highest BCUT2D eigenvalue weighted by Crippen LogP contribution is 2.28. The molecule has 1 unspecified atom stereocenters. The lowest BCUT2D eigenvalue weighted by atomic mass is 10.0. The van der Waals surface area contributed by atoms with Crippen LogP contribution < -0.4 is 9.46 Å². The van der Waals surface area contributed by atoms with E-state index in [2.05, 4.69) is 4.72 Å². The van der Waals surface area contributed by atoms with E-state index in [0.717, 1.165) is 12.8 Å². The second-order valence-electron chi connectivity index (χ2n) is 5.50. The molecule has 0 bridgehead atoms. The fourth-order valence-corrected chi connectivity index (χ4v) is 4.06. The maximum Gasteiger partial charge on any atom is 0.240 e. The van der Waals surface area contributed by atoms with Crippen LogP contribution in [0.2, 0.25) is 0 Å². The first-order valence-corrected chi connectivity index (χ1v) is 8.87. The Labute approximate surface area is 126 Å². The second-order valence-corrected chi connectivity index (χ2v) is 7.21. The van der Waals surface area contributed by atoms with Crippen molar-refractivity contribution in [2.75, 3.05) is 13.2 Å². The van der Waals surface area contributed by atoms with Crippen LogP contribution in [0, 0.1) is 5.92 Å². The van der Waals surface area contributed by atoms with Crippen LogP contribution >= 0.6 is 0 Å². The van der Waals surface area contributed by atoms with Crippen molar-refractivity contribution in [3.05, 3.63) is 24.3 Å². The predicted octanol–water partition coefficient (Wildman–Crippen LogP) is 1.91. The maximum atomic E-state index is 12.3. The number of nitrogens with one attached hydrogen (secondary N) is 1. The van der Waals surface area contributed by atoms with Gasteiger partial charge in [-0.3, -0.25) is 0 Å². The van der Waals surface area contributed by atoms with Crippen LogP contribution in [0.5, 0.6) is 5.75 Å². The number of ether oxygens (including phenoxy) is 1. The van der Waals surface area contributed by atoms with Gasteiger partial charge in [-0.1, -0.05) is 12.8 Å². The first kappa shape index (κ1) is 16.3. The molecular weight excluding hydrogens is 290 g/mol. The Hall–Kier alpha value is -1.11. The average molecular weight is 313 g/mol. The zero-order valence-corrected chi connectivity index (χ0v) is 13.1. The van der Waals surface area contributed by atoms with Gasteiger partial charge in [-0.05, 0) is 49.9 Å². The molecule has 1 fully saturated rings. The largest absolute Gasteiger partial charge is 0.491 e. The topological polar surface area (TPSA) is 75.6 Å². The van der Waals surface area contributed by atoms with Gasteiger partial charge in [0.05, 0.1) is 11.5 Å². The summed E-state index contributed by atoms with van der Waals surface area (Å²) in [5.74, 6) is 0.985. The molecule has 1 aliphatic rings. The Balaban J connectivity index is 2.01. The van der Waals surface area contributed by atoms with Crippen LogP contribution in [-0.2, 0) is 10.0 Å². The molecule has 21 heavy (non-hydrogen) atoms. The van der Waals surface area contributed by atoms with Crippen molar-refractivity contribution in [3.8, 4) is 5.75 Å². The standard InChI is InChI=1S/C15H23NO4S/c1-12(13-4-2-3-5-13)16-21(18,19)15-8-6-14(7-9-15)20-11-10-17/h6-9,12-13,16-17H,2-5,10-11H2,1H3. The Morgan fingerprint density at radius 3 is 2.48 bits per heavy atom. The van der Waals surface area contributed by atoms with Crippen molar-refractivity contribution in [3.63, 3.8) is 0 Å². The van der Waals surface area contributed by atoms with Gasteiger partial charge in [0.25, 0.3) is 0 Å². The summed E-state index contributed by atoms with van der Waals surface area (Å²) < 4.78 is 32.7. The summed E-state index contributed by atoms with van der Waals surface area (Å²) >= 11 is 0. The molecule has 0 amide bonds. The lowest BCUT2D eigenvalue weighted by Crippen LogP contribution is -2.37. The zero-order chi connectivity index (χ0) is 15.3. The summed E-state index contributed by atoms with van der Waals surface area (Å²) in [6, 6.07) is 6.21. The molecule has 1 aromatic carbocycles. The van der Waals surface area contributed by atoms with E-state index in [4.69, 9.17) is 9.84 Å². The van der Waals surface area contributed by atoms with Gasteiger partial charge in [0.2, 0.25) is 10.0 Å². The lowest BCUT2D eigenvalue weighted by Gasteiger charge is -2.20. The van der Waals surface area contributed by atoms with Gasteiger partial charge in [0, 0.05) is 6.04 Å². The SMILES string of the molecule is CC(NS(=O)(=O)c1ccc(OCCO)cc1)C1CCCC1. The van der Waals surface area contributed by atoms with Gasteiger partial charge in [0.15, 0.2) is 0 Å². The first-order chi connectivity index (χ1) is 10.0. The molecule has 0 aliphatic heterocycles. The molecule has 1 aromatic rings. The van der Waals surface area contributed by atoms with E-state index in [-0.39, 0.29) is 24.2 Å². The summed E-state index contributed by atoms with van der Waals surface area (Å²) in [6.45, 7) is 2.07. The van der Waals surface area contributed by atoms with E-state index in [1.54, 1.807) is 12.1 Å². The summed E-state index contributed by atoms with van der Waals surface area (Å²) in [4.78, 5) is 0.240. The predicted molar refractivity (Wildman–Crippen MR) is 80.8 cm³/mol. The highest BCUT2D eigenvalue weighted by atomic mass is 32.2. The van der Waals surface area contributed by atoms with E-state index in [1.165, 1.54) is 25.0 Å². The summed E-state index contributed by atoms with van der Waals surface area (Å²) in [5, 5.41) is 8.68. The molecule has 1 atom stereocenters. The number of sulfonamides is 1. The minimum absolute atomic E-state index is 0.0391. The number of hydrogen-bond acceptors (Lipinski definition) is 4. The van der Waals surface area contributed by atoms with Gasteiger partial charge >= 0.3 is 0 Å². The molecular formula is C15H23NO4S. The van der Waals surface area contributed by atoms with Gasteiger partial charge in [-0.15, -0.1) is 0 Å². The van der Waals surface area contributed by atoms with Crippen molar-refractivity contribution in [1.82, 2.24) is 4.72 Å². The van der Waals surface area contributed by atoms with Gasteiger partial charge < -0.3 is 9.84 Å². The monoisotopic (exact) mass is 313 g/mol. The second kappa shape index (κ2) is 7.24. The molecule has 1 aliphatic carbocycles. The van der Waals surface area contributed by atoms with Crippen molar-refractivity contribution in [2.24, 2.45) is 5.92 Å². The fraction of sp³-hybridized carbons (Fsp3) is 0.600. The molecule has 0 radical (unpaired) electrons. The Kier molecular flexibility index (Phi) is 5.61. The summed E-state index contributed by atoms with van der Waals surface area (Å²) in [6.07, 6.45) is 4.57. The van der Waals surface area contributed by atoms with Gasteiger partial charge in [0.1, 0.15) is 12.4 Å². The third-order valence-electron chi connectivity index (χ3n) is 3.94. The molecule has 0 heterocycles. The zero-order valence-electron chi connectivity index (χ0n) is 12.3. The molecule has 2 N–H and O–H groups in total. The van der Waals surface area contributed by atoms with Crippen LogP contribution in [0.25, 0.3) is 0 Å². The van der Waals surface area contributed by atoms with Crippen LogP contribution in [0.4, 0.5) is 0 Å².